The second-order valence-electron chi connectivity index (χ2n) is 9.66. The van der Waals surface area contributed by atoms with Gasteiger partial charge in [0.25, 0.3) is 5.56 Å². The zero-order valence-electron chi connectivity index (χ0n) is 23.8. The summed E-state index contributed by atoms with van der Waals surface area (Å²) in [6, 6.07) is 10.6. The quantitative estimate of drug-likeness (QED) is 0.198. The fourth-order valence-corrected chi connectivity index (χ4v) is 4.71. The molecule has 0 bridgehead atoms. The van der Waals surface area contributed by atoms with Gasteiger partial charge in [-0.3, -0.25) is 9.69 Å². The third kappa shape index (κ3) is 6.91. The van der Waals surface area contributed by atoms with Gasteiger partial charge in [0.05, 0.1) is 0 Å². The van der Waals surface area contributed by atoms with Crippen LogP contribution in [0.1, 0.15) is 33.6 Å². The molecule has 2 aromatic heterocycles. The summed E-state index contributed by atoms with van der Waals surface area (Å²) in [5, 5.41) is 2.76. The number of anilines is 2. The number of H-pyrrole nitrogens is 1. The number of rotatable bonds is 12. The third-order valence-corrected chi connectivity index (χ3v) is 6.94. The predicted octanol–water partition coefficient (Wildman–Crippen LogP) is 6.57. The lowest BCUT2D eigenvalue weighted by atomic mass is 9.99. The molecule has 2 amide bonds. The summed E-state index contributed by atoms with van der Waals surface area (Å²) < 4.78 is 48.4. The number of aromatic nitrogens is 2. The number of carbonyl (C=O) groups is 1. The number of ether oxygens (including phenoxy) is 1. The van der Waals surface area contributed by atoms with E-state index in [1.54, 1.807) is 36.4 Å². The smallest absolute Gasteiger partial charge is 0.326 e. The van der Waals surface area contributed by atoms with Crippen molar-refractivity contribution >= 4 is 28.4 Å². The van der Waals surface area contributed by atoms with Gasteiger partial charge in [-0.2, -0.15) is 0 Å². The summed E-state index contributed by atoms with van der Waals surface area (Å²) in [5.41, 5.74) is -0.155. The van der Waals surface area contributed by atoms with E-state index in [4.69, 9.17) is 4.74 Å². The predicted molar refractivity (Wildman–Crippen MR) is 159 cm³/mol. The number of carbonyl (C=O) groups excluding carboxylic acids is 1. The van der Waals surface area contributed by atoms with Crippen LogP contribution in [-0.4, -0.2) is 53.7 Å². The Balaban J connectivity index is 1.82. The van der Waals surface area contributed by atoms with Crippen molar-refractivity contribution in [3.8, 4) is 16.9 Å². The number of nitrogens with one attached hydrogen (secondary N) is 2. The van der Waals surface area contributed by atoms with Crippen molar-refractivity contribution in [3.05, 3.63) is 82.5 Å². The minimum atomic E-state index is -1.28. The van der Waals surface area contributed by atoms with Crippen molar-refractivity contribution in [2.24, 2.45) is 0 Å². The maximum atomic E-state index is 14.5. The Morgan fingerprint density at radius 1 is 1.00 bits per heavy atom. The first-order valence-corrected chi connectivity index (χ1v) is 14.0. The fourth-order valence-electron chi connectivity index (χ4n) is 4.71. The summed E-state index contributed by atoms with van der Waals surface area (Å²) in [4.78, 5) is 37.6. The van der Waals surface area contributed by atoms with Gasteiger partial charge < -0.3 is 19.9 Å². The molecule has 222 valence electrons. The van der Waals surface area contributed by atoms with Crippen molar-refractivity contribution in [1.82, 2.24) is 14.9 Å². The van der Waals surface area contributed by atoms with E-state index in [1.807, 2.05) is 6.92 Å². The summed E-state index contributed by atoms with van der Waals surface area (Å²) in [6.07, 6.45) is 2.69. The van der Waals surface area contributed by atoms with Crippen molar-refractivity contribution in [2.45, 2.75) is 33.6 Å². The largest absolute Gasteiger partial charge is 0.492 e. The highest BCUT2D eigenvalue weighted by molar-refractivity contribution is 6.08. The first kappa shape index (κ1) is 30.6. The van der Waals surface area contributed by atoms with Crippen LogP contribution in [0.4, 0.5) is 29.3 Å². The van der Waals surface area contributed by atoms with Crippen molar-refractivity contribution in [3.63, 3.8) is 0 Å². The Hall–Kier alpha value is -4.38. The van der Waals surface area contributed by atoms with Crippen LogP contribution in [0, 0.1) is 17.5 Å². The average Bonchev–Trinajstić information content (AvgIpc) is 2.97. The fraction of sp³-hybridized carbons (Fsp3) is 0.323. The van der Waals surface area contributed by atoms with Crippen LogP contribution in [-0.2, 0) is 0 Å². The molecule has 4 aromatic rings. The Labute approximate surface area is 242 Å². The summed E-state index contributed by atoms with van der Waals surface area (Å²) in [7, 11) is 0. The van der Waals surface area contributed by atoms with Crippen LogP contribution in [0.3, 0.4) is 0 Å². The van der Waals surface area contributed by atoms with E-state index in [0.717, 1.165) is 24.5 Å². The molecule has 8 nitrogen and oxygen atoms in total. The SMILES string of the molecule is CCCCN(C(=O)Nc1c(F)cc(F)cc1F)c1c(-c2cccc(OCCN(CC)CC)c2)c2cccnc2[nH]c1=O. The highest BCUT2D eigenvalue weighted by atomic mass is 19.1. The van der Waals surface area contributed by atoms with Gasteiger partial charge in [-0.25, -0.2) is 22.9 Å². The van der Waals surface area contributed by atoms with Crippen LogP contribution < -0.4 is 20.5 Å². The van der Waals surface area contributed by atoms with Crippen molar-refractivity contribution < 1.29 is 22.7 Å². The van der Waals surface area contributed by atoms with Crippen LogP contribution in [0.25, 0.3) is 22.2 Å². The third-order valence-electron chi connectivity index (χ3n) is 6.94. The van der Waals surface area contributed by atoms with Gasteiger partial charge in [0.1, 0.15) is 35.2 Å². The van der Waals surface area contributed by atoms with Crippen LogP contribution >= 0.6 is 0 Å². The molecular weight excluding hydrogens is 547 g/mol. The Morgan fingerprint density at radius 2 is 1.74 bits per heavy atom. The Morgan fingerprint density at radius 3 is 2.43 bits per heavy atom. The zero-order chi connectivity index (χ0) is 30.2. The number of fused-ring (bicyclic) bond motifs is 1. The first-order chi connectivity index (χ1) is 20.3. The van der Waals surface area contributed by atoms with Crippen LogP contribution in [0.2, 0.25) is 0 Å². The topological polar surface area (TPSA) is 90.6 Å². The molecule has 0 radical (unpaired) electrons. The zero-order valence-corrected chi connectivity index (χ0v) is 23.8. The molecule has 0 spiro atoms. The number of nitrogens with zero attached hydrogens (tertiary/aromatic N) is 3. The molecule has 42 heavy (non-hydrogen) atoms. The molecular formula is C31H34F3N5O3. The second-order valence-corrected chi connectivity index (χ2v) is 9.66. The van der Waals surface area contributed by atoms with Crippen LogP contribution in [0.5, 0.6) is 5.75 Å². The van der Waals surface area contributed by atoms with E-state index in [-0.39, 0.29) is 12.2 Å². The number of hydrogen-bond acceptors (Lipinski definition) is 5. The summed E-state index contributed by atoms with van der Waals surface area (Å²) in [5.74, 6) is -3.10. The van der Waals surface area contributed by atoms with E-state index in [9.17, 15) is 22.8 Å². The lowest BCUT2D eigenvalue weighted by Crippen LogP contribution is -2.40. The molecule has 4 rings (SSSR count). The van der Waals surface area contributed by atoms with E-state index < -0.39 is 34.7 Å². The van der Waals surface area contributed by atoms with Gasteiger partial charge in [0.2, 0.25) is 0 Å². The summed E-state index contributed by atoms with van der Waals surface area (Å²) in [6.45, 7) is 9.12. The Bertz CT molecular complexity index is 1580. The van der Waals surface area contributed by atoms with Gasteiger partial charge in [-0.05, 0) is 49.3 Å². The maximum Gasteiger partial charge on any atom is 0.326 e. The van der Waals surface area contributed by atoms with Gasteiger partial charge >= 0.3 is 6.03 Å². The van der Waals surface area contributed by atoms with E-state index in [0.29, 0.717) is 59.5 Å². The van der Waals surface area contributed by atoms with E-state index in [2.05, 4.69) is 34.0 Å². The van der Waals surface area contributed by atoms with Gasteiger partial charge in [0, 0.05) is 42.4 Å². The number of urea groups is 1. The number of pyridine rings is 2. The summed E-state index contributed by atoms with van der Waals surface area (Å²) >= 11 is 0. The maximum absolute atomic E-state index is 14.5. The molecule has 2 heterocycles. The lowest BCUT2D eigenvalue weighted by Gasteiger charge is -2.26. The molecule has 0 aliphatic heterocycles. The second kappa shape index (κ2) is 14.0. The molecule has 0 atom stereocenters. The molecule has 0 aliphatic rings. The standard InChI is InChI=1S/C31H34F3N5O3/c1-4-7-14-39(31(41)36-27-24(33)18-21(32)19-25(27)34)28-26(23-12-9-13-35-29(23)37-30(28)40)20-10-8-11-22(17-20)42-16-15-38(5-2)6-3/h8-13,17-19H,4-7,14-16H2,1-3H3,(H,36,41)(H,35,37,40). The number of hydrogen-bond donors (Lipinski definition) is 2. The highest BCUT2D eigenvalue weighted by Gasteiger charge is 2.27. The minimum Gasteiger partial charge on any atom is -0.492 e. The van der Waals surface area contributed by atoms with Crippen molar-refractivity contribution in [2.75, 3.05) is 43.0 Å². The molecule has 11 heteroatoms. The van der Waals surface area contributed by atoms with Gasteiger partial charge in [-0.15, -0.1) is 0 Å². The molecule has 0 aliphatic carbocycles. The number of likely N-dealkylation sites (N-methyl/N-ethyl adjacent to an activating group) is 1. The number of amides is 2. The minimum absolute atomic E-state index is 0.0235. The first-order valence-electron chi connectivity index (χ1n) is 14.0. The lowest BCUT2D eigenvalue weighted by molar-refractivity contribution is 0.223. The highest BCUT2D eigenvalue weighted by Crippen LogP contribution is 2.36. The van der Waals surface area contributed by atoms with E-state index >= 15 is 0 Å². The molecule has 0 fully saturated rings. The average molecular weight is 582 g/mol. The molecule has 2 aromatic carbocycles. The number of halogens is 3. The number of unbranched alkanes of at least 4 members (excludes halogenated alkanes) is 1. The normalized spacial score (nSPS) is 11.2. The number of benzene rings is 2. The van der Waals surface area contributed by atoms with E-state index in [1.165, 1.54) is 6.20 Å². The number of aromatic amines is 1. The van der Waals surface area contributed by atoms with Gasteiger partial charge in [-0.1, -0.05) is 39.3 Å². The van der Waals surface area contributed by atoms with Gasteiger partial charge in [0.15, 0.2) is 11.6 Å². The molecule has 2 N–H and O–H groups in total. The monoisotopic (exact) mass is 581 g/mol. The molecule has 0 saturated heterocycles. The van der Waals surface area contributed by atoms with Crippen LogP contribution in [0.15, 0.2) is 59.5 Å². The molecule has 0 unspecified atom stereocenters. The molecule has 0 saturated carbocycles. The van der Waals surface area contributed by atoms with Crippen molar-refractivity contribution in [1.29, 1.82) is 0 Å². The Kier molecular flexibility index (Phi) is 10.2.